The smallest absolute Gasteiger partial charge is 0.303 e. The van der Waals surface area contributed by atoms with Crippen molar-refractivity contribution < 1.29 is 19.4 Å². The molecule has 5 nitrogen and oxygen atoms in total. The number of carbonyl (C=O) groups is 2. The van der Waals surface area contributed by atoms with E-state index < -0.39 is 5.97 Å². The number of hydrogen-bond donors (Lipinski definition) is 2. The number of hydrogen-bond acceptors (Lipinski definition) is 3. The molecule has 110 valence electrons. The molecule has 1 atom stereocenters. The first-order valence-corrected chi connectivity index (χ1v) is 6.63. The number of rotatable bonds is 8. The summed E-state index contributed by atoms with van der Waals surface area (Å²) < 4.78 is 5.19. The maximum absolute atomic E-state index is 11.8. The number of aliphatic carboxylic acids is 1. The van der Waals surface area contributed by atoms with Crippen LogP contribution in [0, 0.1) is 5.92 Å². The molecule has 1 aromatic rings. The zero-order valence-corrected chi connectivity index (χ0v) is 11.9. The van der Waals surface area contributed by atoms with Gasteiger partial charge < -0.3 is 15.2 Å². The van der Waals surface area contributed by atoms with Crippen molar-refractivity contribution in [3.05, 3.63) is 29.8 Å². The van der Waals surface area contributed by atoms with E-state index in [1.54, 1.807) is 7.11 Å². The number of para-hydroxylation sites is 1. The van der Waals surface area contributed by atoms with E-state index >= 15 is 0 Å². The molecule has 0 fully saturated rings. The van der Waals surface area contributed by atoms with Gasteiger partial charge in [-0.15, -0.1) is 0 Å². The number of methoxy groups -OCH3 is 1. The predicted molar refractivity (Wildman–Crippen MR) is 75.7 cm³/mol. The molecule has 0 spiro atoms. The molecular weight excluding hydrogens is 258 g/mol. The molecule has 0 aliphatic carbocycles. The van der Waals surface area contributed by atoms with Crippen LogP contribution in [0.15, 0.2) is 24.3 Å². The summed E-state index contributed by atoms with van der Waals surface area (Å²) in [6, 6.07) is 7.39. The Labute approximate surface area is 118 Å². The number of carboxylic acid groups (broad SMARTS) is 1. The monoisotopic (exact) mass is 279 g/mol. The van der Waals surface area contributed by atoms with E-state index in [0.717, 1.165) is 5.56 Å². The molecule has 0 aromatic heterocycles. The molecule has 0 saturated heterocycles. The fourth-order valence-corrected chi connectivity index (χ4v) is 1.84. The second kappa shape index (κ2) is 8.19. The van der Waals surface area contributed by atoms with Gasteiger partial charge in [-0.2, -0.15) is 0 Å². The Hall–Kier alpha value is -2.04. The maximum atomic E-state index is 11.8. The Balaban J connectivity index is 2.38. The van der Waals surface area contributed by atoms with Crippen molar-refractivity contribution in [2.24, 2.45) is 5.92 Å². The number of amides is 1. The van der Waals surface area contributed by atoms with E-state index in [0.29, 0.717) is 18.7 Å². The third-order valence-corrected chi connectivity index (χ3v) is 3.04. The highest BCUT2D eigenvalue weighted by atomic mass is 16.5. The summed E-state index contributed by atoms with van der Waals surface area (Å²) in [4.78, 5) is 22.3. The second-order valence-electron chi connectivity index (χ2n) is 4.83. The number of ether oxygens (including phenoxy) is 1. The van der Waals surface area contributed by atoms with Crippen LogP contribution in [0.2, 0.25) is 0 Å². The Bertz CT molecular complexity index is 459. The highest BCUT2D eigenvalue weighted by molar-refractivity contribution is 5.79. The first kappa shape index (κ1) is 16.0. The van der Waals surface area contributed by atoms with Crippen LogP contribution in [0.5, 0.6) is 5.75 Å². The summed E-state index contributed by atoms with van der Waals surface area (Å²) in [6.07, 6.45) is 0.948. The summed E-state index contributed by atoms with van der Waals surface area (Å²) in [6.45, 7) is 2.41. The maximum Gasteiger partial charge on any atom is 0.303 e. The van der Waals surface area contributed by atoms with Crippen LogP contribution in [-0.2, 0) is 16.0 Å². The van der Waals surface area contributed by atoms with Crippen LogP contribution in [0.3, 0.4) is 0 Å². The molecular formula is C15H21NO4. The van der Waals surface area contributed by atoms with Crippen LogP contribution in [0.4, 0.5) is 0 Å². The zero-order chi connectivity index (χ0) is 15.0. The summed E-state index contributed by atoms with van der Waals surface area (Å²) in [5.74, 6) is -0.0526. The lowest BCUT2D eigenvalue weighted by Gasteiger charge is -2.12. The molecule has 0 heterocycles. The Kier molecular flexibility index (Phi) is 6.56. The Morgan fingerprint density at radius 2 is 2.05 bits per heavy atom. The number of carboxylic acids is 1. The number of benzene rings is 1. The summed E-state index contributed by atoms with van der Waals surface area (Å²) in [5, 5.41) is 11.4. The van der Waals surface area contributed by atoms with Gasteiger partial charge in [0, 0.05) is 18.5 Å². The molecule has 0 saturated carbocycles. The lowest BCUT2D eigenvalue weighted by Crippen LogP contribution is -2.29. The van der Waals surface area contributed by atoms with Gasteiger partial charge in [-0.3, -0.25) is 9.59 Å². The van der Waals surface area contributed by atoms with Gasteiger partial charge in [-0.25, -0.2) is 0 Å². The van der Waals surface area contributed by atoms with Crippen molar-refractivity contribution in [3.8, 4) is 5.75 Å². The van der Waals surface area contributed by atoms with E-state index in [2.05, 4.69) is 5.32 Å². The number of nitrogens with one attached hydrogen (secondary N) is 1. The highest BCUT2D eigenvalue weighted by Crippen LogP contribution is 2.17. The van der Waals surface area contributed by atoms with Crippen molar-refractivity contribution in [3.63, 3.8) is 0 Å². The van der Waals surface area contributed by atoms with Gasteiger partial charge in [0.1, 0.15) is 5.75 Å². The van der Waals surface area contributed by atoms with Gasteiger partial charge in [-0.05, 0) is 18.4 Å². The molecule has 0 aliphatic heterocycles. The summed E-state index contributed by atoms with van der Waals surface area (Å²) in [7, 11) is 1.57. The minimum atomic E-state index is -0.808. The van der Waals surface area contributed by atoms with E-state index in [4.69, 9.17) is 9.84 Å². The van der Waals surface area contributed by atoms with Gasteiger partial charge in [0.25, 0.3) is 0 Å². The van der Waals surface area contributed by atoms with E-state index in [1.807, 2.05) is 31.2 Å². The van der Waals surface area contributed by atoms with Crippen molar-refractivity contribution in [1.82, 2.24) is 5.32 Å². The van der Waals surface area contributed by atoms with Crippen LogP contribution in [0.25, 0.3) is 0 Å². The average Bonchev–Trinajstić information content (AvgIpc) is 2.43. The third-order valence-electron chi connectivity index (χ3n) is 3.04. The lowest BCUT2D eigenvalue weighted by molar-refractivity contribution is -0.137. The van der Waals surface area contributed by atoms with Crippen LogP contribution < -0.4 is 10.1 Å². The van der Waals surface area contributed by atoms with Crippen LogP contribution >= 0.6 is 0 Å². The molecule has 0 aliphatic rings. The van der Waals surface area contributed by atoms with E-state index in [1.165, 1.54) is 0 Å². The first-order chi connectivity index (χ1) is 9.52. The zero-order valence-electron chi connectivity index (χ0n) is 11.9. The Morgan fingerprint density at radius 3 is 2.70 bits per heavy atom. The van der Waals surface area contributed by atoms with Gasteiger partial charge in [0.2, 0.25) is 5.91 Å². The van der Waals surface area contributed by atoms with Gasteiger partial charge in [-0.1, -0.05) is 25.1 Å². The highest BCUT2D eigenvalue weighted by Gasteiger charge is 2.10. The largest absolute Gasteiger partial charge is 0.496 e. The fraction of sp³-hybridized carbons (Fsp3) is 0.467. The minimum absolute atomic E-state index is 0.0864. The molecule has 1 rings (SSSR count). The normalized spacial score (nSPS) is 11.7. The first-order valence-electron chi connectivity index (χ1n) is 6.63. The molecule has 5 heteroatoms. The lowest BCUT2D eigenvalue weighted by atomic mass is 10.1. The average molecular weight is 279 g/mol. The molecule has 20 heavy (non-hydrogen) atoms. The van der Waals surface area contributed by atoms with Crippen molar-refractivity contribution in [2.75, 3.05) is 13.7 Å². The Morgan fingerprint density at radius 1 is 1.35 bits per heavy atom. The minimum Gasteiger partial charge on any atom is -0.496 e. The van der Waals surface area contributed by atoms with Crippen molar-refractivity contribution in [1.29, 1.82) is 0 Å². The summed E-state index contributed by atoms with van der Waals surface area (Å²) in [5.41, 5.74) is 0.839. The van der Waals surface area contributed by atoms with Crippen molar-refractivity contribution >= 4 is 11.9 Å². The second-order valence-corrected chi connectivity index (χ2v) is 4.83. The van der Waals surface area contributed by atoms with Gasteiger partial charge >= 0.3 is 5.97 Å². The molecule has 1 unspecified atom stereocenters. The standard InChI is InChI=1S/C15H21NO4/c1-11(7-8-15(18)19)10-16-14(17)9-12-5-3-4-6-13(12)20-2/h3-6,11H,7-10H2,1-2H3,(H,16,17)(H,18,19). The van der Waals surface area contributed by atoms with E-state index in [-0.39, 0.29) is 24.7 Å². The molecule has 0 bridgehead atoms. The third kappa shape index (κ3) is 5.73. The van der Waals surface area contributed by atoms with Crippen LogP contribution in [-0.4, -0.2) is 30.6 Å². The predicted octanol–water partition coefficient (Wildman–Crippen LogP) is 1.85. The van der Waals surface area contributed by atoms with Crippen molar-refractivity contribution in [2.45, 2.75) is 26.2 Å². The SMILES string of the molecule is COc1ccccc1CC(=O)NCC(C)CCC(=O)O. The van der Waals surface area contributed by atoms with Gasteiger partial charge in [0.05, 0.1) is 13.5 Å². The molecule has 0 radical (unpaired) electrons. The quantitative estimate of drug-likeness (QED) is 0.761. The van der Waals surface area contributed by atoms with E-state index in [9.17, 15) is 9.59 Å². The van der Waals surface area contributed by atoms with Gasteiger partial charge in [0.15, 0.2) is 0 Å². The fourth-order valence-electron chi connectivity index (χ4n) is 1.84. The summed E-state index contributed by atoms with van der Waals surface area (Å²) >= 11 is 0. The topological polar surface area (TPSA) is 75.6 Å². The molecule has 1 amide bonds. The number of carbonyl (C=O) groups excluding carboxylic acids is 1. The molecule has 2 N–H and O–H groups in total. The molecule has 1 aromatic carbocycles. The van der Waals surface area contributed by atoms with Crippen LogP contribution in [0.1, 0.15) is 25.3 Å².